The number of carbonyl (C=O) groups is 2. The summed E-state index contributed by atoms with van der Waals surface area (Å²) in [6.07, 6.45) is -0.893. The van der Waals surface area contributed by atoms with Gasteiger partial charge >= 0.3 is 0 Å². The molecule has 0 bridgehead atoms. The third-order valence-electron chi connectivity index (χ3n) is 3.54. The Bertz CT molecular complexity index is 814. The van der Waals surface area contributed by atoms with E-state index >= 15 is 0 Å². The monoisotopic (exact) mass is 426 g/mol. The largest absolute Gasteiger partial charge is 0.491 e. The van der Waals surface area contributed by atoms with E-state index in [4.69, 9.17) is 37.4 Å². The van der Waals surface area contributed by atoms with Gasteiger partial charge in [0.15, 0.2) is 6.10 Å². The normalized spacial score (nSPS) is 11.4. The molecule has 0 fully saturated rings. The van der Waals surface area contributed by atoms with Gasteiger partial charge in [-0.25, -0.2) is 0 Å². The van der Waals surface area contributed by atoms with Crippen LogP contribution in [0.2, 0.25) is 10.0 Å². The minimum absolute atomic E-state index is 0.281. The molecule has 0 saturated carbocycles. The highest BCUT2D eigenvalue weighted by molar-refractivity contribution is 6.35. The number of amides is 2. The molecule has 9 heteroatoms. The number of rotatable bonds is 8. The quantitative estimate of drug-likeness (QED) is 0.499. The molecule has 0 aromatic heterocycles. The molecule has 150 valence electrons. The van der Waals surface area contributed by atoms with E-state index in [1.54, 1.807) is 43.5 Å². The number of carbonyl (C=O) groups excluding carboxylic acids is 2. The Kier molecular flexibility index (Phi) is 8.38. The molecule has 0 aliphatic carbocycles. The van der Waals surface area contributed by atoms with E-state index in [0.29, 0.717) is 35.3 Å². The number of benzene rings is 2. The van der Waals surface area contributed by atoms with Crippen LogP contribution >= 0.6 is 23.2 Å². The van der Waals surface area contributed by atoms with Gasteiger partial charge in [-0.3, -0.25) is 20.4 Å². The number of hydrogen-bond acceptors (Lipinski definition) is 5. The number of nitrogens with one attached hydrogen (secondary N) is 2. The lowest BCUT2D eigenvalue weighted by atomic mass is 10.2. The second-order valence-electron chi connectivity index (χ2n) is 5.64. The lowest BCUT2D eigenvalue weighted by Gasteiger charge is -2.16. The smallest absolute Gasteiger partial charge is 0.279 e. The summed E-state index contributed by atoms with van der Waals surface area (Å²) < 4.78 is 15.8. The summed E-state index contributed by atoms with van der Waals surface area (Å²) in [5, 5.41) is 0.737. The fraction of sp³-hybridized carbons (Fsp3) is 0.263. The number of hydrazine groups is 1. The van der Waals surface area contributed by atoms with Gasteiger partial charge in [-0.05, 0) is 49.4 Å². The van der Waals surface area contributed by atoms with Crippen molar-refractivity contribution in [2.75, 3.05) is 20.3 Å². The van der Waals surface area contributed by atoms with Crippen LogP contribution in [-0.2, 0) is 9.53 Å². The van der Waals surface area contributed by atoms with E-state index in [1.165, 1.54) is 13.0 Å². The minimum Gasteiger partial charge on any atom is -0.491 e. The van der Waals surface area contributed by atoms with E-state index in [0.717, 1.165) is 0 Å². The molecule has 0 spiro atoms. The van der Waals surface area contributed by atoms with Gasteiger partial charge in [-0.2, -0.15) is 0 Å². The van der Waals surface area contributed by atoms with Crippen LogP contribution in [-0.4, -0.2) is 38.2 Å². The highest BCUT2D eigenvalue weighted by Gasteiger charge is 2.17. The zero-order valence-electron chi connectivity index (χ0n) is 15.3. The van der Waals surface area contributed by atoms with Crippen LogP contribution in [0.4, 0.5) is 0 Å². The topological polar surface area (TPSA) is 85.9 Å². The van der Waals surface area contributed by atoms with Crippen molar-refractivity contribution in [2.45, 2.75) is 13.0 Å². The van der Waals surface area contributed by atoms with Gasteiger partial charge in [0.2, 0.25) is 0 Å². The van der Waals surface area contributed by atoms with Gasteiger partial charge in [-0.1, -0.05) is 23.2 Å². The van der Waals surface area contributed by atoms with Gasteiger partial charge in [0.25, 0.3) is 11.8 Å². The Morgan fingerprint density at radius 2 is 1.75 bits per heavy atom. The maximum absolute atomic E-state index is 12.1. The lowest BCUT2D eigenvalue weighted by Crippen LogP contribution is -2.47. The molecule has 0 aliphatic heterocycles. The first-order valence-electron chi connectivity index (χ1n) is 8.34. The van der Waals surface area contributed by atoms with Gasteiger partial charge < -0.3 is 14.2 Å². The molecular formula is C19H20Cl2N2O5. The maximum atomic E-state index is 12.1. The van der Waals surface area contributed by atoms with Crippen LogP contribution in [0.5, 0.6) is 11.5 Å². The first-order chi connectivity index (χ1) is 13.4. The van der Waals surface area contributed by atoms with E-state index in [2.05, 4.69) is 10.9 Å². The van der Waals surface area contributed by atoms with Crippen molar-refractivity contribution >= 4 is 35.0 Å². The Labute approximate surface area is 172 Å². The summed E-state index contributed by atoms with van der Waals surface area (Å²) >= 11 is 11.8. The average molecular weight is 427 g/mol. The summed E-state index contributed by atoms with van der Waals surface area (Å²) in [6, 6.07) is 11.1. The summed E-state index contributed by atoms with van der Waals surface area (Å²) in [6.45, 7) is 2.40. The van der Waals surface area contributed by atoms with Crippen LogP contribution in [0.25, 0.3) is 0 Å². The van der Waals surface area contributed by atoms with Crippen molar-refractivity contribution in [1.82, 2.24) is 10.9 Å². The second kappa shape index (κ2) is 10.8. The standard InChI is InChI=1S/C19H20Cl2N2O5/c1-12(28-17-8-5-14(20)11-16(17)21)18(24)22-23-19(25)13-3-6-15(7-4-13)27-10-9-26-2/h3-8,11-12H,9-10H2,1-2H3,(H,22,24)(H,23,25). The Morgan fingerprint density at radius 3 is 2.39 bits per heavy atom. The predicted molar refractivity (Wildman–Crippen MR) is 106 cm³/mol. The molecule has 2 aromatic rings. The fourth-order valence-electron chi connectivity index (χ4n) is 2.05. The molecule has 28 heavy (non-hydrogen) atoms. The van der Waals surface area contributed by atoms with E-state index < -0.39 is 17.9 Å². The molecule has 2 N–H and O–H groups in total. The van der Waals surface area contributed by atoms with Crippen molar-refractivity contribution in [3.8, 4) is 11.5 Å². The highest BCUT2D eigenvalue weighted by atomic mass is 35.5. The maximum Gasteiger partial charge on any atom is 0.279 e. The molecule has 1 unspecified atom stereocenters. The predicted octanol–water partition coefficient (Wildman–Crippen LogP) is 3.25. The van der Waals surface area contributed by atoms with Crippen molar-refractivity contribution in [3.05, 3.63) is 58.1 Å². The fourth-order valence-corrected chi connectivity index (χ4v) is 2.51. The zero-order valence-corrected chi connectivity index (χ0v) is 16.8. The third kappa shape index (κ3) is 6.60. The first-order valence-corrected chi connectivity index (χ1v) is 9.10. The zero-order chi connectivity index (χ0) is 20.5. The molecule has 0 aliphatic rings. The van der Waals surface area contributed by atoms with Crippen LogP contribution < -0.4 is 20.3 Å². The number of hydrogen-bond donors (Lipinski definition) is 2. The lowest BCUT2D eigenvalue weighted by molar-refractivity contribution is -0.128. The number of halogens is 2. The van der Waals surface area contributed by atoms with E-state index in [9.17, 15) is 9.59 Å². The summed E-state index contributed by atoms with van der Waals surface area (Å²) in [7, 11) is 1.58. The number of methoxy groups -OCH3 is 1. The average Bonchev–Trinajstić information content (AvgIpc) is 2.68. The molecule has 0 saturated heterocycles. The molecule has 1 atom stereocenters. The molecule has 0 radical (unpaired) electrons. The molecule has 7 nitrogen and oxygen atoms in total. The van der Waals surface area contributed by atoms with Crippen LogP contribution in [0.3, 0.4) is 0 Å². The van der Waals surface area contributed by atoms with Gasteiger partial charge in [-0.15, -0.1) is 0 Å². The van der Waals surface area contributed by atoms with Crippen LogP contribution in [0.15, 0.2) is 42.5 Å². The van der Waals surface area contributed by atoms with Gasteiger partial charge in [0.1, 0.15) is 18.1 Å². The summed E-state index contributed by atoms with van der Waals surface area (Å²) in [4.78, 5) is 24.2. The molecule has 0 heterocycles. The summed E-state index contributed by atoms with van der Waals surface area (Å²) in [5.74, 6) is -0.101. The van der Waals surface area contributed by atoms with Crippen molar-refractivity contribution in [1.29, 1.82) is 0 Å². The molecule has 2 rings (SSSR count). The Hall–Kier alpha value is -2.48. The molecule has 2 aromatic carbocycles. The van der Waals surface area contributed by atoms with Crippen molar-refractivity contribution in [3.63, 3.8) is 0 Å². The SMILES string of the molecule is COCCOc1ccc(C(=O)NNC(=O)C(C)Oc2ccc(Cl)cc2Cl)cc1. The van der Waals surface area contributed by atoms with Crippen LogP contribution in [0, 0.1) is 0 Å². The highest BCUT2D eigenvalue weighted by Crippen LogP contribution is 2.28. The second-order valence-corrected chi connectivity index (χ2v) is 6.49. The Balaban J connectivity index is 1.83. The van der Waals surface area contributed by atoms with Gasteiger partial charge in [0, 0.05) is 17.7 Å². The minimum atomic E-state index is -0.893. The van der Waals surface area contributed by atoms with Crippen molar-refractivity contribution in [2.24, 2.45) is 0 Å². The molecular weight excluding hydrogens is 407 g/mol. The summed E-state index contributed by atoms with van der Waals surface area (Å²) in [5.41, 5.74) is 4.99. The Morgan fingerprint density at radius 1 is 1.04 bits per heavy atom. The van der Waals surface area contributed by atoms with E-state index in [-0.39, 0.29) is 5.02 Å². The van der Waals surface area contributed by atoms with Crippen molar-refractivity contribution < 1.29 is 23.8 Å². The third-order valence-corrected chi connectivity index (χ3v) is 4.07. The van der Waals surface area contributed by atoms with E-state index in [1.807, 2.05) is 0 Å². The van der Waals surface area contributed by atoms with Gasteiger partial charge in [0.05, 0.1) is 11.6 Å². The first kappa shape index (κ1) is 21.8. The van der Waals surface area contributed by atoms with Crippen LogP contribution in [0.1, 0.15) is 17.3 Å². The number of ether oxygens (including phenoxy) is 3. The molecule has 2 amide bonds.